The Hall–Kier alpha value is -2.13. The highest BCUT2D eigenvalue weighted by Crippen LogP contribution is 2.48. The molecule has 8 heteroatoms. The molecule has 4 rings (SSSR count). The third kappa shape index (κ3) is 4.49. The van der Waals surface area contributed by atoms with Crippen molar-refractivity contribution >= 4 is 52.5 Å². The second-order valence-electron chi connectivity index (χ2n) is 8.22. The van der Waals surface area contributed by atoms with Crippen LogP contribution in [0.1, 0.15) is 30.9 Å². The van der Waals surface area contributed by atoms with Gasteiger partial charge in [-0.2, -0.15) is 5.26 Å². The summed E-state index contributed by atoms with van der Waals surface area (Å²) < 4.78 is 6.07. The summed E-state index contributed by atoms with van der Waals surface area (Å²) >= 11 is 26.1. The zero-order chi connectivity index (χ0) is 23.9. The highest BCUT2D eigenvalue weighted by Gasteiger charge is 2.40. The normalized spacial score (nSPS) is 20.2. The summed E-state index contributed by atoms with van der Waals surface area (Å²) in [6, 6.07) is 13.1. The van der Waals surface area contributed by atoms with E-state index in [0.29, 0.717) is 50.1 Å². The molecule has 0 spiro atoms. The number of halogens is 4. The summed E-state index contributed by atoms with van der Waals surface area (Å²) in [5.74, 6) is 0.0957. The second-order valence-corrected chi connectivity index (χ2v) is 9.85. The quantitative estimate of drug-likeness (QED) is 0.466. The summed E-state index contributed by atoms with van der Waals surface area (Å²) in [7, 11) is 0. The Morgan fingerprint density at radius 2 is 1.61 bits per heavy atom. The highest BCUT2D eigenvalue weighted by atomic mass is 35.5. The minimum absolute atomic E-state index is 0.0337. The minimum Gasteiger partial charge on any atom is -0.440 e. The largest absolute Gasteiger partial charge is 0.440 e. The molecule has 0 saturated carbocycles. The van der Waals surface area contributed by atoms with Gasteiger partial charge >= 0.3 is 0 Å². The van der Waals surface area contributed by atoms with Crippen molar-refractivity contribution in [2.45, 2.75) is 25.8 Å². The highest BCUT2D eigenvalue weighted by molar-refractivity contribution is 6.37. The van der Waals surface area contributed by atoms with Crippen molar-refractivity contribution in [1.82, 2.24) is 4.90 Å². The van der Waals surface area contributed by atoms with Crippen molar-refractivity contribution in [3.8, 4) is 6.07 Å². The molecular weight excluding hydrogens is 500 g/mol. The lowest BCUT2D eigenvalue weighted by molar-refractivity contribution is 0.208. The van der Waals surface area contributed by atoms with Gasteiger partial charge in [-0.25, -0.2) is 0 Å². The molecule has 0 aliphatic carbocycles. The van der Waals surface area contributed by atoms with Gasteiger partial charge in [-0.15, -0.1) is 0 Å². The molecule has 0 bridgehead atoms. The van der Waals surface area contributed by atoms with Crippen LogP contribution in [-0.4, -0.2) is 24.0 Å². The first-order chi connectivity index (χ1) is 15.7. The summed E-state index contributed by atoms with van der Waals surface area (Å²) in [6.45, 7) is 5.38. The summed E-state index contributed by atoms with van der Waals surface area (Å²) in [5, 5.41) is 12.0. The predicted molar refractivity (Wildman–Crippen MR) is 135 cm³/mol. The number of nitrogens with two attached hydrogens (primary N) is 1. The standard InChI is InChI=1S/C25H21Cl4N3O/c1-13(2)32-11-14(9-15-18(26)5-3-6-19(15)27)24-17(12-32)22(16(10-30)25(31)33-24)23-20(28)7-4-8-21(23)29/h3-9,13,22H,11-12,31H2,1-2H3/b14-9+. The third-order valence-electron chi connectivity index (χ3n) is 5.90. The van der Waals surface area contributed by atoms with Gasteiger partial charge in [-0.05, 0) is 49.8 Å². The molecule has 0 radical (unpaired) electrons. The van der Waals surface area contributed by atoms with Crippen molar-refractivity contribution in [3.63, 3.8) is 0 Å². The molecule has 2 N–H and O–H groups in total. The molecule has 0 aromatic heterocycles. The summed E-state index contributed by atoms with van der Waals surface area (Å²) in [4.78, 5) is 2.27. The number of hydrogen-bond donors (Lipinski definition) is 1. The molecule has 170 valence electrons. The molecule has 2 aliphatic heterocycles. The fourth-order valence-corrected chi connectivity index (χ4v) is 5.32. The van der Waals surface area contributed by atoms with E-state index in [2.05, 4.69) is 24.8 Å². The van der Waals surface area contributed by atoms with Gasteiger partial charge in [0.15, 0.2) is 0 Å². The average molecular weight is 521 g/mol. The number of rotatable bonds is 3. The van der Waals surface area contributed by atoms with E-state index in [9.17, 15) is 5.26 Å². The molecule has 0 amide bonds. The monoisotopic (exact) mass is 519 g/mol. The maximum Gasteiger partial charge on any atom is 0.205 e. The molecule has 1 unspecified atom stereocenters. The Balaban J connectivity index is 1.98. The summed E-state index contributed by atoms with van der Waals surface area (Å²) in [5.41, 5.74) is 9.59. The lowest BCUT2D eigenvalue weighted by atomic mass is 9.80. The van der Waals surface area contributed by atoms with Crippen LogP contribution in [0, 0.1) is 11.3 Å². The zero-order valence-corrected chi connectivity index (χ0v) is 21.0. The first kappa shape index (κ1) is 24.0. The van der Waals surface area contributed by atoms with E-state index in [-0.39, 0.29) is 17.5 Å². The van der Waals surface area contributed by atoms with Crippen molar-refractivity contribution in [2.24, 2.45) is 5.73 Å². The molecule has 2 aromatic carbocycles. The molecule has 1 atom stereocenters. The molecule has 2 aromatic rings. The van der Waals surface area contributed by atoms with Crippen molar-refractivity contribution in [3.05, 3.63) is 96.0 Å². The Labute approximate surface area is 213 Å². The number of benzene rings is 2. The van der Waals surface area contributed by atoms with Gasteiger partial charge in [0.25, 0.3) is 0 Å². The predicted octanol–water partition coefficient (Wildman–Crippen LogP) is 7.17. The van der Waals surface area contributed by atoms with Gasteiger partial charge in [-0.3, -0.25) is 4.90 Å². The molecule has 2 heterocycles. The van der Waals surface area contributed by atoms with Crippen LogP contribution in [0.15, 0.2) is 64.8 Å². The number of nitriles is 1. The van der Waals surface area contributed by atoms with Gasteiger partial charge in [-0.1, -0.05) is 58.5 Å². The second kappa shape index (κ2) is 9.62. The Morgan fingerprint density at radius 1 is 1.03 bits per heavy atom. The van der Waals surface area contributed by atoms with E-state index in [1.54, 1.807) is 36.4 Å². The van der Waals surface area contributed by atoms with Crippen LogP contribution in [0.25, 0.3) is 6.08 Å². The van der Waals surface area contributed by atoms with Crippen LogP contribution < -0.4 is 5.73 Å². The molecule has 0 saturated heterocycles. The van der Waals surface area contributed by atoms with Crippen LogP contribution in [0.5, 0.6) is 0 Å². The number of nitrogens with zero attached hydrogens (tertiary/aromatic N) is 2. The molecular formula is C25H21Cl4N3O. The van der Waals surface area contributed by atoms with E-state index < -0.39 is 5.92 Å². The number of ether oxygens (including phenoxy) is 1. The number of allylic oxidation sites excluding steroid dienone is 1. The van der Waals surface area contributed by atoms with E-state index in [4.69, 9.17) is 56.9 Å². The smallest absolute Gasteiger partial charge is 0.205 e. The fraction of sp³-hybridized carbons (Fsp3) is 0.240. The van der Waals surface area contributed by atoms with E-state index in [1.807, 2.05) is 6.08 Å². The SMILES string of the molecule is CC(C)N1CC2=C(OC(N)=C(C#N)C2c2c(Cl)cccc2Cl)/C(=C/c2c(Cl)cccc2Cl)C1. The van der Waals surface area contributed by atoms with E-state index in [1.165, 1.54) is 0 Å². The first-order valence-corrected chi connectivity index (χ1v) is 11.9. The van der Waals surface area contributed by atoms with Crippen LogP contribution in [0.3, 0.4) is 0 Å². The molecule has 33 heavy (non-hydrogen) atoms. The fourth-order valence-electron chi connectivity index (χ4n) is 4.20. The van der Waals surface area contributed by atoms with Gasteiger partial charge in [0.2, 0.25) is 5.88 Å². The first-order valence-electron chi connectivity index (χ1n) is 10.4. The van der Waals surface area contributed by atoms with Gasteiger partial charge in [0.05, 0.1) is 5.92 Å². The topological polar surface area (TPSA) is 62.3 Å². The molecule has 4 nitrogen and oxygen atoms in total. The molecule has 2 aliphatic rings. The van der Waals surface area contributed by atoms with Crippen LogP contribution in [0.2, 0.25) is 20.1 Å². The van der Waals surface area contributed by atoms with Crippen molar-refractivity contribution in [2.75, 3.05) is 13.1 Å². The minimum atomic E-state index is -0.536. The third-order valence-corrected chi connectivity index (χ3v) is 7.22. The number of hydrogen-bond acceptors (Lipinski definition) is 4. The van der Waals surface area contributed by atoms with Crippen molar-refractivity contribution in [1.29, 1.82) is 5.26 Å². The summed E-state index contributed by atoms with van der Waals surface area (Å²) in [6.07, 6.45) is 1.92. The Morgan fingerprint density at radius 3 is 2.15 bits per heavy atom. The maximum atomic E-state index is 9.97. The molecule has 0 fully saturated rings. The van der Waals surface area contributed by atoms with Crippen LogP contribution in [-0.2, 0) is 4.74 Å². The Kier molecular flexibility index (Phi) is 7.00. The van der Waals surface area contributed by atoms with Crippen molar-refractivity contribution < 1.29 is 4.74 Å². The van der Waals surface area contributed by atoms with Gasteiger partial charge in [0, 0.05) is 55.9 Å². The lowest BCUT2D eigenvalue weighted by Gasteiger charge is -2.40. The zero-order valence-electron chi connectivity index (χ0n) is 18.0. The van der Waals surface area contributed by atoms with Crippen LogP contribution in [0.4, 0.5) is 0 Å². The van der Waals surface area contributed by atoms with Gasteiger partial charge < -0.3 is 10.5 Å². The van der Waals surface area contributed by atoms with Gasteiger partial charge in [0.1, 0.15) is 17.4 Å². The maximum absolute atomic E-state index is 9.97. The van der Waals surface area contributed by atoms with E-state index in [0.717, 1.165) is 11.1 Å². The Bertz CT molecular complexity index is 1220. The van der Waals surface area contributed by atoms with Crippen LogP contribution >= 0.6 is 46.4 Å². The van der Waals surface area contributed by atoms with E-state index >= 15 is 0 Å². The lowest BCUT2D eigenvalue weighted by Crippen LogP contribution is -2.41. The average Bonchev–Trinajstić information content (AvgIpc) is 2.76.